The van der Waals surface area contributed by atoms with E-state index in [1.165, 1.54) is 42.5 Å². The van der Waals surface area contributed by atoms with Gasteiger partial charge in [-0.1, -0.05) is 132 Å². The van der Waals surface area contributed by atoms with E-state index < -0.39 is 0 Å². The van der Waals surface area contributed by atoms with Crippen LogP contribution in [0.3, 0.4) is 0 Å². The van der Waals surface area contributed by atoms with Gasteiger partial charge in [-0.15, -0.1) is 0 Å². The number of rotatable bonds is 2. The first kappa shape index (κ1) is 27.2. The Labute approximate surface area is 223 Å². The molecule has 1 aliphatic rings. The Kier molecular flexibility index (Phi) is 7.17. The molecule has 0 amide bonds. The predicted octanol–water partition coefficient (Wildman–Crippen LogP) is 10.4. The number of allylic oxidation sites excluding steroid dienone is 4. The van der Waals surface area contributed by atoms with Crippen LogP contribution in [0.2, 0.25) is 0 Å². The number of hydrogen-bond donors (Lipinski definition) is 0. The summed E-state index contributed by atoms with van der Waals surface area (Å²) in [5.74, 6) is 0.315. The Morgan fingerprint density at radius 3 is 1.24 bits per heavy atom. The van der Waals surface area contributed by atoms with E-state index in [1.807, 2.05) is 0 Å². The minimum absolute atomic E-state index is 0.117. The molecule has 1 atom stereocenters. The number of benzene rings is 2. The third kappa shape index (κ3) is 5.89. The molecular formula is C33H45I. The molecule has 2 aromatic rings. The summed E-state index contributed by atoms with van der Waals surface area (Å²) in [6.45, 7) is 27.8. The van der Waals surface area contributed by atoms with Crippen molar-refractivity contribution in [1.82, 2.24) is 0 Å². The van der Waals surface area contributed by atoms with Crippen LogP contribution in [0.5, 0.6) is 0 Å². The molecule has 3 rings (SSSR count). The van der Waals surface area contributed by atoms with Gasteiger partial charge < -0.3 is 0 Å². The first-order chi connectivity index (χ1) is 15.3. The first-order valence-corrected chi connectivity index (χ1v) is 13.8. The van der Waals surface area contributed by atoms with Crippen LogP contribution in [-0.2, 0) is 21.7 Å². The molecule has 1 unspecified atom stereocenters. The van der Waals surface area contributed by atoms with E-state index in [4.69, 9.17) is 0 Å². The van der Waals surface area contributed by atoms with Gasteiger partial charge in [0.15, 0.2) is 0 Å². The Balaban J connectivity index is 2.17. The molecule has 2 aromatic carbocycles. The molecule has 0 aromatic heterocycles. The van der Waals surface area contributed by atoms with Crippen molar-refractivity contribution in [2.24, 2.45) is 0 Å². The van der Waals surface area contributed by atoms with Gasteiger partial charge in [0.2, 0.25) is 0 Å². The third-order valence-electron chi connectivity index (χ3n) is 7.01. The van der Waals surface area contributed by atoms with Gasteiger partial charge >= 0.3 is 0 Å². The minimum atomic E-state index is 0.117. The maximum atomic E-state index is 2.61. The molecule has 0 aliphatic heterocycles. The van der Waals surface area contributed by atoms with Crippen LogP contribution in [0.15, 0.2) is 52.1 Å². The molecule has 0 spiro atoms. The van der Waals surface area contributed by atoms with E-state index >= 15 is 0 Å². The van der Waals surface area contributed by atoms with Crippen LogP contribution in [-0.4, -0.2) is 0 Å². The summed E-state index contributed by atoms with van der Waals surface area (Å²) < 4.78 is 1.43. The summed E-state index contributed by atoms with van der Waals surface area (Å²) in [4.78, 5) is 0. The molecule has 0 heterocycles. The zero-order valence-electron chi connectivity index (χ0n) is 23.6. The molecule has 0 saturated carbocycles. The molecule has 0 saturated heterocycles. The lowest BCUT2D eigenvalue weighted by molar-refractivity contribution is 0.566. The summed E-state index contributed by atoms with van der Waals surface area (Å²) in [5.41, 5.74) is 10.3. The lowest BCUT2D eigenvalue weighted by Crippen LogP contribution is -2.17. The molecule has 0 radical (unpaired) electrons. The molecule has 0 N–H and O–H groups in total. The van der Waals surface area contributed by atoms with Crippen LogP contribution in [0.4, 0.5) is 0 Å². The fourth-order valence-electron chi connectivity index (χ4n) is 4.36. The van der Waals surface area contributed by atoms with E-state index in [-0.39, 0.29) is 21.7 Å². The van der Waals surface area contributed by atoms with Gasteiger partial charge in [-0.05, 0) is 83.2 Å². The molecule has 1 heteroatoms. The zero-order valence-corrected chi connectivity index (χ0v) is 25.7. The third-order valence-corrected chi connectivity index (χ3v) is 8.26. The van der Waals surface area contributed by atoms with E-state index in [9.17, 15) is 0 Å². The van der Waals surface area contributed by atoms with Crippen molar-refractivity contribution >= 4 is 28.2 Å². The fraction of sp³-hybridized carbons (Fsp3) is 0.515. The maximum Gasteiger partial charge on any atom is 0.0337 e. The second-order valence-electron chi connectivity index (χ2n) is 14.2. The Hall–Kier alpha value is -1.35. The average molecular weight is 569 g/mol. The summed E-state index contributed by atoms with van der Waals surface area (Å²) >= 11 is 2.61. The van der Waals surface area contributed by atoms with Crippen LogP contribution < -0.4 is 0 Å². The van der Waals surface area contributed by atoms with Crippen LogP contribution >= 0.6 is 22.6 Å². The average Bonchev–Trinajstić information content (AvgIpc) is 3.06. The van der Waals surface area contributed by atoms with Gasteiger partial charge in [-0.3, -0.25) is 0 Å². The number of hydrogen-bond acceptors (Lipinski definition) is 0. The van der Waals surface area contributed by atoms with Crippen LogP contribution in [0.1, 0.15) is 122 Å². The second kappa shape index (κ2) is 8.95. The summed E-state index contributed by atoms with van der Waals surface area (Å²) in [7, 11) is 0. The molecule has 0 fully saturated rings. The van der Waals surface area contributed by atoms with Crippen molar-refractivity contribution < 1.29 is 0 Å². The van der Waals surface area contributed by atoms with Crippen molar-refractivity contribution in [1.29, 1.82) is 0 Å². The van der Waals surface area contributed by atoms with Crippen LogP contribution in [0, 0.1) is 0 Å². The molecule has 1 aliphatic carbocycles. The van der Waals surface area contributed by atoms with E-state index in [1.54, 1.807) is 0 Å². The van der Waals surface area contributed by atoms with Crippen LogP contribution in [0.25, 0.3) is 5.57 Å². The Morgan fingerprint density at radius 2 is 0.882 bits per heavy atom. The van der Waals surface area contributed by atoms with E-state index in [0.29, 0.717) is 5.92 Å². The standard InChI is InChI=1S/C33H45I/c1-30(2,3)23-15-21(16-24(19-23)31(4,5)6)27-13-14-28(29(27)34)22-17-25(32(7,8)9)20-26(18-22)33(10,11)12/h13-20,27H,1-12H3. The summed E-state index contributed by atoms with van der Waals surface area (Å²) in [6, 6.07) is 14.6. The lowest BCUT2D eigenvalue weighted by Gasteiger charge is -2.27. The smallest absolute Gasteiger partial charge is 0.0337 e. The SMILES string of the molecule is CC(C)(C)c1cc(C2=C(I)C(c3cc(C(C)(C)C)cc(C(C)(C)C)c3)C=C2)cc(C(C)(C)C)c1. The van der Waals surface area contributed by atoms with Crippen molar-refractivity contribution in [3.05, 3.63) is 85.5 Å². The van der Waals surface area contributed by atoms with Gasteiger partial charge in [0.1, 0.15) is 0 Å². The predicted molar refractivity (Wildman–Crippen MR) is 161 cm³/mol. The van der Waals surface area contributed by atoms with Gasteiger partial charge in [0.05, 0.1) is 0 Å². The first-order valence-electron chi connectivity index (χ1n) is 12.7. The van der Waals surface area contributed by atoms with Crippen molar-refractivity contribution in [3.8, 4) is 0 Å². The van der Waals surface area contributed by atoms with Gasteiger partial charge in [0, 0.05) is 9.50 Å². The highest BCUT2D eigenvalue weighted by atomic mass is 127. The van der Waals surface area contributed by atoms with Gasteiger partial charge in [-0.2, -0.15) is 0 Å². The topological polar surface area (TPSA) is 0 Å². The van der Waals surface area contributed by atoms with E-state index in [0.717, 1.165) is 0 Å². The van der Waals surface area contributed by atoms with Crippen molar-refractivity contribution in [3.63, 3.8) is 0 Å². The highest BCUT2D eigenvalue weighted by molar-refractivity contribution is 14.1. The van der Waals surface area contributed by atoms with Gasteiger partial charge in [-0.25, -0.2) is 0 Å². The summed E-state index contributed by atoms with van der Waals surface area (Å²) in [5, 5.41) is 0. The quantitative estimate of drug-likeness (QED) is 0.316. The zero-order chi connectivity index (χ0) is 25.9. The Bertz CT molecular complexity index is 1060. The fourth-order valence-corrected chi connectivity index (χ4v) is 5.42. The highest BCUT2D eigenvalue weighted by Gasteiger charge is 2.28. The number of halogens is 1. The maximum absolute atomic E-state index is 2.61. The molecular weight excluding hydrogens is 523 g/mol. The Morgan fingerprint density at radius 1 is 0.529 bits per heavy atom. The van der Waals surface area contributed by atoms with E-state index in [2.05, 4.69) is 154 Å². The molecule has 34 heavy (non-hydrogen) atoms. The highest BCUT2D eigenvalue weighted by Crippen LogP contribution is 2.45. The van der Waals surface area contributed by atoms with Crippen molar-refractivity contribution in [2.45, 2.75) is 111 Å². The minimum Gasteiger partial charge on any atom is -0.0715 e. The second-order valence-corrected chi connectivity index (χ2v) is 15.4. The molecule has 0 bridgehead atoms. The largest absolute Gasteiger partial charge is 0.0715 e. The molecule has 184 valence electrons. The normalized spacial score (nSPS) is 17.6. The monoisotopic (exact) mass is 568 g/mol. The lowest BCUT2D eigenvalue weighted by atomic mass is 9.78. The molecule has 0 nitrogen and oxygen atoms in total. The van der Waals surface area contributed by atoms with Gasteiger partial charge in [0.25, 0.3) is 0 Å². The summed E-state index contributed by atoms with van der Waals surface area (Å²) in [6.07, 6.45) is 4.77. The van der Waals surface area contributed by atoms with Crippen molar-refractivity contribution in [2.75, 3.05) is 0 Å².